The molecule has 23 heavy (non-hydrogen) atoms. The molecule has 1 aromatic carbocycles. The van der Waals surface area contributed by atoms with Crippen molar-refractivity contribution in [2.45, 2.75) is 49.9 Å². The Morgan fingerprint density at radius 2 is 1.61 bits per heavy atom. The van der Waals surface area contributed by atoms with Crippen LogP contribution >= 0.6 is 12.4 Å². The quantitative estimate of drug-likeness (QED) is 0.896. The maximum atomic E-state index is 12.5. The topological polar surface area (TPSA) is 66.5 Å². The van der Waals surface area contributed by atoms with E-state index in [1.54, 1.807) is 26.0 Å². The highest BCUT2D eigenvalue weighted by Crippen LogP contribution is 2.18. The van der Waals surface area contributed by atoms with E-state index < -0.39 is 15.1 Å². The van der Waals surface area contributed by atoms with E-state index in [1.165, 1.54) is 12.1 Å². The lowest BCUT2D eigenvalue weighted by molar-refractivity contribution is 0.0673. The molecule has 1 fully saturated rings. The van der Waals surface area contributed by atoms with E-state index in [2.05, 4.69) is 5.32 Å². The van der Waals surface area contributed by atoms with Crippen molar-refractivity contribution in [1.82, 2.24) is 10.2 Å². The van der Waals surface area contributed by atoms with Crippen LogP contribution in [0.25, 0.3) is 0 Å². The summed E-state index contributed by atoms with van der Waals surface area (Å²) in [6.45, 7) is 8.72. The number of carbonyl (C=O) groups excluding carboxylic acids is 1. The third-order valence-corrected chi connectivity index (χ3v) is 6.07. The summed E-state index contributed by atoms with van der Waals surface area (Å²) in [5.41, 5.74) is 0.531. The number of sulfone groups is 1. The fraction of sp³-hybridized carbons (Fsp3) is 0.562. The second kappa shape index (κ2) is 7.64. The third-order valence-electron chi connectivity index (χ3n) is 3.90. The van der Waals surface area contributed by atoms with Gasteiger partial charge in [-0.15, -0.1) is 12.4 Å². The fourth-order valence-electron chi connectivity index (χ4n) is 2.73. The van der Waals surface area contributed by atoms with Gasteiger partial charge in [-0.2, -0.15) is 0 Å². The van der Waals surface area contributed by atoms with E-state index in [1.807, 2.05) is 18.7 Å². The maximum Gasteiger partial charge on any atom is 0.253 e. The number of nitrogens with one attached hydrogen (secondary N) is 1. The lowest BCUT2D eigenvalue weighted by Gasteiger charge is -2.36. The zero-order valence-electron chi connectivity index (χ0n) is 13.9. The molecule has 1 aliphatic heterocycles. The molecule has 1 N–H and O–H groups in total. The zero-order chi connectivity index (χ0) is 16.5. The summed E-state index contributed by atoms with van der Waals surface area (Å²) < 4.78 is 24.2. The highest BCUT2D eigenvalue weighted by molar-refractivity contribution is 7.92. The van der Waals surface area contributed by atoms with Gasteiger partial charge in [0, 0.05) is 30.7 Å². The van der Waals surface area contributed by atoms with Gasteiger partial charge in [0.05, 0.1) is 10.1 Å². The van der Waals surface area contributed by atoms with Crippen molar-refractivity contribution in [2.75, 3.05) is 13.1 Å². The molecule has 2 unspecified atom stereocenters. The molecule has 0 radical (unpaired) electrons. The molecular weight excluding hydrogens is 336 g/mol. The standard InChI is InChI=1S/C16H24N2O3S.ClH/c1-11(2)22(20,21)15-7-5-14(6-8-15)16(19)18-9-12(3)17-13(4)10-18;/h5-8,11-13,17H,9-10H2,1-4H3;1H. The van der Waals surface area contributed by atoms with Gasteiger partial charge in [0.15, 0.2) is 9.84 Å². The first kappa shape index (κ1) is 19.9. The van der Waals surface area contributed by atoms with Crippen LogP contribution in [0.5, 0.6) is 0 Å². The normalized spacial score (nSPS) is 21.9. The number of benzene rings is 1. The lowest BCUT2D eigenvalue weighted by Crippen LogP contribution is -2.55. The highest BCUT2D eigenvalue weighted by Gasteiger charge is 2.26. The minimum atomic E-state index is -3.30. The first-order valence-electron chi connectivity index (χ1n) is 7.61. The minimum Gasteiger partial charge on any atom is -0.336 e. The number of amides is 1. The molecule has 130 valence electrons. The molecule has 0 spiro atoms. The van der Waals surface area contributed by atoms with E-state index in [-0.39, 0.29) is 35.3 Å². The van der Waals surface area contributed by atoms with Gasteiger partial charge in [-0.25, -0.2) is 8.42 Å². The zero-order valence-corrected chi connectivity index (χ0v) is 15.6. The van der Waals surface area contributed by atoms with E-state index in [4.69, 9.17) is 0 Å². The van der Waals surface area contributed by atoms with Gasteiger partial charge in [0.25, 0.3) is 5.91 Å². The fourth-order valence-corrected chi connectivity index (χ4v) is 3.79. The van der Waals surface area contributed by atoms with Crippen molar-refractivity contribution in [3.63, 3.8) is 0 Å². The number of piperazine rings is 1. The van der Waals surface area contributed by atoms with Crippen molar-refractivity contribution >= 4 is 28.2 Å². The number of nitrogens with zero attached hydrogens (tertiary/aromatic N) is 1. The van der Waals surface area contributed by atoms with E-state index in [9.17, 15) is 13.2 Å². The van der Waals surface area contributed by atoms with Crippen LogP contribution < -0.4 is 5.32 Å². The molecule has 1 aromatic rings. The molecule has 2 rings (SSSR count). The number of carbonyl (C=O) groups is 1. The van der Waals surface area contributed by atoms with Crippen LogP contribution in [0.15, 0.2) is 29.2 Å². The molecule has 1 amide bonds. The second-order valence-corrected chi connectivity index (χ2v) is 8.80. The number of rotatable bonds is 3. The van der Waals surface area contributed by atoms with Gasteiger partial charge >= 0.3 is 0 Å². The largest absolute Gasteiger partial charge is 0.336 e. The molecule has 0 saturated carbocycles. The Kier molecular flexibility index (Phi) is 6.62. The Balaban J connectivity index is 0.00000264. The van der Waals surface area contributed by atoms with Crippen LogP contribution in [0.3, 0.4) is 0 Å². The van der Waals surface area contributed by atoms with Gasteiger partial charge < -0.3 is 10.2 Å². The Hall–Kier alpha value is -1.11. The van der Waals surface area contributed by atoms with E-state index in [0.717, 1.165) is 0 Å². The minimum absolute atomic E-state index is 0. The number of hydrogen-bond acceptors (Lipinski definition) is 4. The average molecular weight is 361 g/mol. The average Bonchev–Trinajstić information content (AvgIpc) is 2.45. The van der Waals surface area contributed by atoms with Gasteiger partial charge in [-0.05, 0) is 52.0 Å². The first-order valence-corrected chi connectivity index (χ1v) is 9.15. The van der Waals surface area contributed by atoms with Gasteiger partial charge in [-0.1, -0.05) is 0 Å². The smallest absolute Gasteiger partial charge is 0.253 e. The van der Waals surface area contributed by atoms with Crippen LogP contribution in [0.4, 0.5) is 0 Å². The summed E-state index contributed by atoms with van der Waals surface area (Å²) in [5, 5.41) is 2.92. The Morgan fingerprint density at radius 1 is 1.13 bits per heavy atom. The molecule has 2 atom stereocenters. The van der Waals surface area contributed by atoms with Gasteiger partial charge in [0.2, 0.25) is 0 Å². The summed E-state index contributed by atoms with van der Waals surface area (Å²) in [7, 11) is -3.30. The Morgan fingerprint density at radius 3 is 2.04 bits per heavy atom. The maximum absolute atomic E-state index is 12.5. The van der Waals surface area contributed by atoms with Gasteiger partial charge in [-0.3, -0.25) is 4.79 Å². The Labute approximate surface area is 144 Å². The first-order chi connectivity index (χ1) is 10.2. The van der Waals surface area contributed by atoms with Crippen LogP contribution in [0.2, 0.25) is 0 Å². The molecule has 1 aliphatic rings. The molecule has 1 heterocycles. The summed E-state index contributed by atoms with van der Waals surface area (Å²) in [5.74, 6) is -0.0475. The molecule has 5 nitrogen and oxygen atoms in total. The lowest BCUT2D eigenvalue weighted by atomic mass is 10.1. The van der Waals surface area contributed by atoms with Crippen molar-refractivity contribution in [3.8, 4) is 0 Å². The second-order valence-electron chi connectivity index (χ2n) is 6.30. The van der Waals surface area contributed by atoms with Crippen molar-refractivity contribution < 1.29 is 13.2 Å². The van der Waals surface area contributed by atoms with Crippen LogP contribution in [0, 0.1) is 0 Å². The molecule has 1 saturated heterocycles. The molecule has 0 aromatic heterocycles. The van der Waals surface area contributed by atoms with Crippen molar-refractivity contribution in [1.29, 1.82) is 0 Å². The predicted molar refractivity (Wildman–Crippen MR) is 94.0 cm³/mol. The van der Waals surface area contributed by atoms with Crippen LogP contribution in [0.1, 0.15) is 38.1 Å². The Bertz CT molecular complexity index is 634. The molecule has 7 heteroatoms. The third kappa shape index (κ3) is 4.46. The van der Waals surface area contributed by atoms with E-state index >= 15 is 0 Å². The molecule has 0 bridgehead atoms. The van der Waals surface area contributed by atoms with Crippen LogP contribution in [-0.4, -0.2) is 49.6 Å². The predicted octanol–water partition coefficient (Wildman–Crippen LogP) is 2.11. The number of halogens is 1. The number of hydrogen-bond donors (Lipinski definition) is 1. The summed E-state index contributed by atoms with van der Waals surface area (Å²) in [6, 6.07) is 6.78. The van der Waals surface area contributed by atoms with Crippen LogP contribution in [-0.2, 0) is 9.84 Å². The van der Waals surface area contributed by atoms with Crippen molar-refractivity contribution in [3.05, 3.63) is 29.8 Å². The monoisotopic (exact) mass is 360 g/mol. The van der Waals surface area contributed by atoms with Gasteiger partial charge in [0.1, 0.15) is 0 Å². The molecule has 0 aliphatic carbocycles. The summed E-state index contributed by atoms with van der Waals surface area (Å²) in [4.78, 5) is 14.6. The SMILES string of the molecule is CC1CN(C(=O)c2ccc(S(=O)(=O)C(C)C)cc2)CC(C)N1.Cl. The van der Waals surface area contributed by atoms with Crippen molar-refractivity contribution in [2.24, 2.45) is 0 Å². The highest BCUT2D eigenvalue weighted by atomic mass is 35.5. The van der Waals surface area contributed by atoms with E-state index in [0.29, 0.717) is 18.7 Å². The summed E-state index contributed by atoms with van der Waals surface area (Å²) in [6.07, 6.45) is 0. The summed E-state index contributed by atoms with van der Waals surface area (Å²) >= 11 is 0. The molecular formula is C16H25ClN2O3S.